The zero-order valence-corrected chi connectivity index (χ0v) is 14.9. The van der Waals surface area contributed by atoms with Crippen molar-refractivity contribution in [1.29, 1.82) is 0 Å². The summed E-state index contributed by atoms with van der Waals surface area (Å²) in [6, 6.07) is 11.6. The molecule has 1 heterocycles. The van der Waals surface area contributed by atoms with Gasteiger partial charge in [-0.25, -0.2) is 9.37 Å². The Labute approximate surface area is 154 Å². The maximum absolute atomic E-state index is 13.1. The van der Waals surface area contributed by atoms with E-state index in [4.69, 9.17) is 11.6 Å². The maximum atomic E-state index is 13.1. The summed E-state index contributed by atoms with van der Waals surface area (Å²) >= 11 is 7.29. The van der Waals surface area contributed by atoms with Crippen LogP contribution in [0.5, 0.6) is 0 Å². The molecule has 0 aliphatic heterocycles. The van der Waals surface area contributed by atoms with Crippen LogP contribution in [0.25, 0.3) is 5.69 Å². The molecular formula is C18H15ClFN3OS. The highest BCUT2D eigenvalue weighted by atomic mass is 35.5. The molecule has 0 aliphatic carbocycles. The smallest absolute Gasteiger partial charge is 0.251 e. The molecule has 0 radical (unpaired) electrons. The van der Waals surface area contributed by atoms with Crippen molar-refractivity contribution < 1.29 is 9.18 Å². The molecule has 0 spiro atoms. The number of aromatic nitrogens is 2. The number of halogens is 2. The van der Waals surface area contributed by atoms with Gasteiger partial charge in [-0.05, 0) is 48.2 Å². The van der Waals surface area contributed by atoms with Crippen LogP contribution < -0.4 is 5.32 Å². The molecule has 2 aromatic carbocycles. The van der Waals surface area contributed by atoms with Crippen LogP contribution in [0.3, 0.4) is 0 Å². The van der Waals surface area contributed by atoms with E-state index in [1.165, 1.54) is 12.1 Å². The molecule has 0 atom stereocenters. The molecule has 25 heavy (non-hydrogen) atoms. The van der Waals surface area contributed by atoms with E-state index in [-0.39, 0.29) is 17.5 Å². The summed E-state index contributed by atoms with van der Waals surface area (Å²) in [6.45, 7) is 0.277. The normalized spacial score (nSPS) is 10.7. The van der Waals surface area contributed by atoms with E-state index in [0.29, 0.717) is 5.56 Å². The zero-order valence-electron chi connectivity index (χ0n) is 13.4. The van der Waals surface area contributed by atoms with E-state index >= 15 is 0 Å². The second-order valence-electron chi connectivity index (χ2n) is 5.26. The molecule has 128 valence electrons. The standard InChI is InChI=1S/C18H15ClFN3OS/c1-25-18-21-8-9-23(18)14-5-3-13(4-6-14)17(24)22-11-12-2-7-16(20)15(19)10-12/h2-10H,11H2,1H3,(H,22,24). The number of carbonyl (C=O) groups excluding carboxylic acids is 1. The molecule has 0 saturated heterocycles. The largest absolute Gasteiger partial charge is 0.348 e. The number of hydrogen-bond donors (Lipinski definition) is 1. The minimum Gasteiger partial charge on any atom is -0.348 e. The lowest BCUT2D eigenvalue weighted by atomic mass is 10.1. The molecule has 3 rings (SSSR count). The lowest BCUT2D eigenvalue weighted by Crippen LogP contribution is -2.22. The number of benzene rings is 2. The van der Waals surface area contributed by atoms with E-state index in [1.54, 1.807) is 36.2 Å². The summed E-state index contributed by atoms with van der Waals surface area (Å²) in [5.74, 6) is -0.681. The predicted molar refractivity (Wildman–Crippen MR) is 97.9 cm³/mol. The summed E-state index contributed by atoms with van der Waals surface area (Å²) in [6.07, 6.45) is 5.57. The van der Waals surface area contributed by atoms with Gasteiger partial charge in [-0.1, -0.05) is 29.4 Å². The SMILES string of the molecule is CSc1nccn1-c1ccc(C(=O)NCc2ccc(F)c(Cl)c2)cc1. The third-order valence-electron chi connectivity index (χ3n) is 3.63. The van der Waals surface area contributed by atoms with Crippen molar-refractivity contribution in [2.24, 2.45) is 0 Å². The lowest BCUT2D eigenvalue weighted by Gasteiger charge is -2.09. The predicted octanol–water partition coefficient (Wildman–Crippen LogP) is 4.32. The van der Waals surface area contributed by atoms with Crippen molar-refractivity contribution in [2.45, 2.75) is 11.7 Å². The summed E-state index contributed by atoms with van der Waals surface area (Å²) in [7, 11) is 0. The van der Waals surface area contributed by atoms with Gasteiger partial charge in [0.15, 0.2) is 5.16 Å². The van der Waals surface area contributed by atoms with Crippen LogP contribution in [0, 0.1) is 5.82 Å². The number of carbonyl (C=O) groups is 1. The van der Waals surface area contributed by atoms with Crippen LogP contribution in [-0.4, -0.2) is 21.7 Å². The van der Waals surface area contributed by atoms with Gasteiger partial charge in [0, 0.05) is 30.2 Å². The summed E-state index contributed by atoms with van der Waals surface area (Å²) in [5, 5.41) is 3.72. The second kappa shape index (κ2) is 7.72. The number of rotatable bonds is 5. The van der Waals surface area contributed by atoms with Crippen molar-refractivity contribution in [2.75, 3.05) is 6.26 Å². The van der Waals surface area contributed by atoms with Gasteiger partial charge in [0.05, 0.1) is 5.02 Å². The number of nitrogens with zero attached hydrogens (tertiary/aromatic N) is 2. The molecule has 7 heteroatoms. The molecule has 0 fully saturated rings. The molecule has 0 unspecified atom stereocenters. The van der Waals surface area contributed by atoms with Crippen molar-refractivity contribution >= 4 is 29.3 Å². The van der Waals surface area contributed by atoms with Gasteiger partial charge in [-0.3, -0.25) is 9.36 Å². The Balaban J connectivity index is 1.67. The van der Waals surface area contributed by atoms with Crippen LogP contribution >= 0.6 is 23.4 Å². The average Bonchev–Trinajstić information content (AvgIpc) is 3.11. The molecule has 1 amide bonds. The fourth-order valence-corrected chi connectivity index (χ4v) is 3.08. The van der Waals surface area contributed by atoms with Crippen LogP contribution in [0.4, 0.5) is 4.39 Å². The quantitative estimate of drug-likeness (QED) is 0.676. The molecule has 0 bridgehead atoms. The molecule has 0 saturated carbocycles. The van der Waals surface area contributed by atoms with Crippen molar-refractivity contribution in [1.82, 2.24) is 14.9 Å². The first-order valence-electron chi connectivity index (χ1n) is 7.48. The third kappa shape index (κ3) is 4.03. The first-order valence-corrected chi connectivity index (χ1v) is 9.08. The number of thioether (sulfide) groups is 1. The van der Waals surface area contributed by atoms with Crippen molar-refractivity contribution in [3.05, 3.63) is 76.8 Å². The van der Waals surface area contributed by atoms with E-state index in [9.17, 15) is 9.18 Å². The van der Waals surface area contributed by atoms with Crippen LogP contribution in [-0.2, 0) is 6.54 Å². The Morgan fingerprint density at radius 2 is 2.04 bits per heavy atom. The van der Waals surface area contributed by atoms with Gasteiger partial charge in [0.25, 0.3) is 5.91 Å². The molecule has 3 aromatic rings. The zero-order chi connectivity index (χ0) is 17.8. The number of amides is 1. The lowest BCUT2D eigenvalue weighted by molar-refractivity contribution is 0.0951. The van der Waals surface area contributed by atoms with E-state index in [1.807, 2.05) is 29.2 Å². The first-order chi connectivity index (χ1) is 12.1. The summed E-state index contributed by atoms with van der Waals surface area (Å²) in [4.78, 5) is 16.5. The maximum Gasteiger partial charge on any atom is 0.251 e. The Morgan fingerprint density at radius 3 is 2.72 bits per heavy atom. The Morgan fingerprint density at radius 1 is 1.28 bits per heavy atom. The van der Waals surface area contributed by atoms with Crippen LogP contribution in [0.2, 0.25) is 5.02 Å². The van der Waals surface area contributed by atoms with Gasteiger partial charge in [0.2, 0.25) is 0 Å². The Hall–Kier alpha value is -2.31. The third-order valence-corrected chi connectivity index (χ3v) is 4.59. The van der Waals surface area contributed by atoms with Gasteiger partial charge in [0.1, 0.15) is 5.82 Å². The van der Waals surface area contributed by atoms with Crippen molar-refractivity contribution in [3.8, 4) is 5.69 Å². The Kier molecular flexibility index (Phi) is 5.40. The van der Waals surface area contributed by atoms with E-state index in [0.717, 1.165) is 16.4 Å². The van der Waals surface area contributed by atoms with Gasteiger partial charge in [-0.2, -0.15) is 0 Å². The second-order valence-corrected chi connectivity index (χ2v) is 6.44. The van der Waals surface area contributed by atoms with Gasteiger partial charge in [-0.15, -0.1) is 0 Å². The van der Waals surface area contributed by atoms with E-state index in [2.05, 4.69) is 10.3 Å². The number of nitrogens with one attached hydrogen (secondary N) is 1. The molecular weight excluding hydrogens is 361 g/mol. The average molecular weight is 376 g/mol. The number of hydrogen-bond acceptors (Lipinski definition) is 3. The fourth-order valence-electron chi connectivity index (χ4n) is 2.34. The van der Waals surface area contributed by atoms with Crippen molar-refractivity contribution in [3.63, 3.8) is 0 Å². The van der Waals surface area contributed by atoms with Gasteiger partial charge >= 0.3 is 0 Å². The highest BCUT2D eigenvalue weighted by Crippen LogP contribution is 2.19. The van der Waals surface area contributed by atoms with Crippen LogP contribution in [0.15, 0.2) is 60.0 Å². The van der Waals surface area contributed by atoms with Crippen LogP contribution in [0.1, 0.15) is 15.9 Å². The number of imidazole rings is 1. The highest BCUT2D eigenvalue weighted by Gasteiger charge is 2.08. The summed E-state index contributed by atoms with van der Waals surface area (Å²) < 4.78 is 15.1. The monoisotopic (exact) mass is 375 g/mol. The highest BCUT2D eigenvalue weighted by molar-refractivity contribution is 7.98. The summed E-state index contributed by atoms with van der Waals surface area (Å²) in [5.41, 5.74) is 2.21. The fraction of sp³-hybridized carbons (Fsp3) is 0.111. The van der Waals surface area contributed by atoms with Gasteiger partial charge < -0.3 is 5.32 Å². The minimum atomic E-state index is -0.476. The molecule has 1 N–H and O–H groups in total. The topological polar surface area (TPSA) is 46.9 Å². The molecule has 4 nitrogen and oxygen atoms in total. The molecule has 0 aliphatic rings. The van der Waals surface area contributed by atoms with E-state index < -0.39 is 5.82 Å². The minimum absolute atomic E-state index is 0.0426. The first kappa shape index (κ1) is 17.5. The Bertz CT molecular complexity index is 896. The molecule has 1 aromatic heterocycles.